The summed E-state index contributed by atoms with van der Waals surface area (Å²) in [7, 11) is 0. The molecule has 1 aromatic rings. The highest BCUT2D eigenvalue weighted by Crippen LogP contribution is 2.41. The number of hydrogen-bond acceptors (Lipinski definition) is 2. The van der Waals surface area contributed by atoms with Crippen LogP contribution < -0.4 is 10.6 Å². The third kappa shape index (κ3) is 2.77. The van der Waals surface area contributed by atoms with Crippen molar-refractivity contribution in [1.29, 1.82) is 0 Å². The van der Waals surface area contributed by atoms with E-state index >= 15 is 0 Å². The van der Waals surface area contributed by atoms with E-state index in [9.17, 15) is 9.59 Å². The van der Waals surface area contributed by atoms with Crippen molar-refractivity contribution in [3.05, 3.63) is 34.9 Å². The number of halogens is 1. The molecular formula is C16H19ClN2O2. The van der Waals surface area contributed by atoms with Crippen LogP contribution >= 0.6 is 11.6 Å². The summed E-state index contributed by atoms with van der Waals surface area (Å²) in [6.45, 7) is 0.529. The molecular weight excluding hydrogens is 288 g/mol. The van der Waals surface area contributed by atoms with Gasteiger partial charge in [-0.15, -0.1) is 0 Å². The summed E-state index contributed by atoms with van der Waals surface area (Å²) in [6, 6.07) is 7.49. The van der Waals surface area contributed by atoms with Gasteiger partial charge in [-0.05, 0) is 30.5 Å². The van der Waals surface area contributed by atoms with Gasteiger partial charge in [0.25, 0.3) is 0 Å². The fourth-order valence-electron chi connectivity index (χ4n) is 3.43. The standard InChI is InChI=1S/C16H19ClN2O2/c17-12-5-3-11(4-6-12)16(7-1-2-8-16)15(21)19-13-9-14(20)18-10-13/h3-6,13H,1-2,7-10H2,(H,18,20)(H,19,21)/t13-/m0/s1. The van der Waals surface area contributed by atoms with Crippen LogP contribution in [-0.4, -0.2) is 24.4 Å². The van der Waals surface area contributed by atoms with E-state index in [1.54, 1.807) is 0 Å². The molecule has 2 fully saturated rings. The summed E-state index contributed by atoms with van der Waals surface area (Å²) in [6.07, 6.45) is 4.20. The maximum atomic E-state index is 12.8. The molecule has 1 aromatic carbocycles. The van der Waals surface area contributed by atoms with Crippen LogP contribution in [0.4, 0.5) is 0 Å². The zero-order valence-electron chi connectivity index (χ0n) is 11.8. The first-order valence-electron chi connectivity index (χ1n) is 7.44. The predicted molar refractivity (Wildman–Crippen MR) is 81.2 cm³/mol. The normalized spacial score (nSPS) is 23.9. The number of carbonyl (C=O) groups is 2. The van der Waals surface area contributed by atoms with E-state index in [0.29, 0.717) is 18.0 Å². The van der Waals surface area contributed by atoms with E-state index in [-0.39, 0.29) is 17.9 Å². The third-order valence-electron chi connectivity index (χ3n) is 4.60. The Bertz CT molecular complexity index is 550. The van der Waals surface area contributed by atoms with Crippen LogP contribution in [0.1, 0.15) is 37.7 Å². The molecule has 1 saturated carbocycles. The van der Waals surface area contributed by atoms with E-state index in [1.807, 2.05) is 24.3 Å². The number of rotatable bonds is 3. The lowest BCUT2D eigenvalue weighted by atomic mass is 9.78. The molecule has 2 amide bonds. The van der Waals surface area contributed by atoms with Crippen molar-refractivity contribution >= 4 is 23.4 Å². The van der Waals surface area contributed by atoms with Crippen LogP contribution in [0, 0.1) is 0 Å². The molecule has 112 valence electrons. The minimum atomic E-state index is -0.462. The van der Waals surface area contributed by atoms with Gasteiger partial charge in [-0.3, -0.25) is 9.59 Å². The summed E-state index contributed by atoms with van der Waals surface area (Å²) in [5, 5.41) is 6.48. The number of nitrogens with one attached hydrogen (secondary N) is 2. The average molecular weight is 307 g/mol. The lowest BCUT2D eigenvalue weighted by Gasteiger charge is -2.29. The average Bonchev–Trinajstić information content (AvgIpc) is 3.10. The molecule has 1 atom stereocenters. The van der Waals surface area contributed by atoms with Gasteiger partial charge in [0.15, 0.2) is 0 Å². The van der Waals surface area contributed by atoms with E-state index < -0.39 is 5.41 Å². The first-order valence-corrected chi connectivity index (χ1v) is 7.82. The summed E-state index contributed by atoms with van der Waals surface area (Å²) in [5.41, 5.74) is 0.565. The van der Waals surface area contributed by atoms with Crippen LogP contribution in [0.3, 0.4) is 0 Å². The molecule has 0 aromatic heterocycles. The number of hydrogen-bond donors (Lipinski definition) is 2. The quantitative estimate of drug-likeness (QED) is 0.899. The molecule has 2 aliphatic rings. The van der Waals surface area contributed by atoms with Gasteiger partial charge in [0.05, 0.1) is 11.5 Å². The second-order valence-electron chi connectivity index (χ2n) is 5.97. The Morgan fingerprint density at radius 2 is 1.90 bits per heavy atom. The zero-order valence-corrected chi connectivity index (χ0v) is 12.6. The van der Waals surface area contributed by atoms with Gasteiger partial charge < -0.3 is 10.6 Å². The highest BCUT2D eigenvalue weighted by molar-refractivity contribution is 6.30. The van der Waals surface area contributed by atoms with Gasteiger partial charge in [-0.25, -0.2) is 0 Å². The molecule has 0 bridgehead atoms. The lowest BCUT2D eigenvalue weighted by Crippen LogP contribution is -2.47. The fourth-order valence-corrected chi connectivity index (χ4v) is 3.55. The Balaban J connectivity index is 1.81. The lowest BCUT2D eigenvalue weighted by molar-refractivity contribution is -0.127. The largest absolute Gasteiger partial charge is 0.354 e. The molecule has 2 N–H and O–H groups in total. The van der Waals surface area contributed by atoms with Gasteiger partial charge in [0.1, 0.15) is 0 Å². The van der Waals surface area contributed by atoms with Crippen molar-refractivity contribution in [3.63, 3.8) is 0 Å². The number of benzene rings is 1. The molecule has 0 radical (unpaired) electrons. The third-order valence-corrected chi connectivity index (χ3v) is 4.85. The van der Waals surface area contributed by atoms with Gasteiger partial charge >= 0.3 is 0 Å². The molecule has 1 aliphatic heterocycles. The predicted octanol–water partition coefficient (Wildman–Crippen LogP) is 2.16. The summed E-state index contributed by atoms with van der Waals surface area (Å²) in [4.78, 5) is 24.1. The minimum absolute atomic E-state index is 0.00673. The SMILES string of the molecule is O=C1C[C@H](NC(=O)C2(c3ccc(Cl)cc3)CCCC2)CN1. The van der Waals surface area contributed by atoms with Gasteiger partial charge in [0, 0.05) is 18.0 Å². The highest BCUT2D eigenvalue weighted by Gasteiger charge is 2.43. The van der Waals surface area contributed by atoms with E-state index in [1.165, 1.54) is 0 Å². The summed E-state index contributed by atoms with van der Waals surface area (Å²) < 4.78 is 0. The van der Waals surface area contributed by atoms with Gasteiger partial charge in [-0.1, -0.05) is 36.6 Å². The van der Waals surface area contributed by atoms with E-state index in [2.05, 4.69) is 10.6 Å². The maximum Gasteiger partial charge on any atom is 0.230 e. The Kier molecular flexibility index (Phi) is 3.89. The van der Waals surface area contributed by atoms with Crippen LogP contribution in [-0.2, 0) is 15.0 Å². The second kappa shape index (κ2) is 5.68. The Hall–Kier alpha value is -1.55. The minimum Gasteiger partial charge on any atom is -0.354 e. The van der Waals surface area contributed by atoms with Crippen molar-refractivity contribution in [3.8, 4) is 0 Å². The molecule has 4 nitrogen and oxygen atoms in total. The molecule has 1 heterocycles. The van der Waals surface area contributed by atoms with Crippen LogP contribution in [0.15, 0.2) is 24.3 Å². The van der Waals surface area contributed by atoms with Crippen LogP contribution in [0.5, 0.6) is 0 Å². The zero-order chi connectivity index (χ0) is 14.9. The maximum absolute atomic E-state index is 12.8. The monoisotopic (exact) mass is 306 g/mol. The van der Waals surface area contributed by atoms with Crippen molar-refractivity contribution in [2.24, 2.45) is 0 Å². The van der Waals surface area contributed by atoms with E-state index in [0.717, 1.165) is 31.2 Å². The molecule has 1 aliphatic carbocycles. The van der Waals surface area contributed by atoms with Crippen molar-refractivity contribution in [1.82, 2.24) is 10.6 Å². The van der Waals surface area contributed by atoms with Crippen LogP contribution in [0.25, 0.3) is 0 Å². The van der Waals surface area contributed by atoms with Crippen molar-refractivity contribution in [2.75, 3.05) is 6.54 Å². The first-order chi connectivity index (χ1) is 10.1. The molecule has 5 heteroatoms. The fraction of sp³-hybridized carbons (Fsp3) is 0.500. The molecule has 0 spiro atoms. The molecule has 1 saturated heterocycles. The Morgan fingerprint density at radius 3 is 2.48 bits per heavy atom. The molecule has 21 heavy (non-hydrogen) atoms. The molecule has 0 unspecified atom stereocenters. The van der Waals surface area contributed by atoms with Gasteiger partial charge in [-0.2, -0.15) is 0 Å². The second-order valence-corrected chi connectivity index (χ2v) is 6.41. The summed E-state index contributed by atoms with van der Waals surface area (Å²) in [5.74, 6) is 0.0519. The first kappa shape index (κ1) is 14.4. The van der Waals surface area contributed by atoms with Gasteiger partial charge in [0.2, 0.25) is 11.8 Å². The number of carbonyl (C=O) groups excluding carboxylic acids is 2. The van der Waals surface area contributed by atoms with Crippen molar-refractivity contribution < 1.29 is 9.59 Å². The topological polar surface area (TPSA) is 58.2 Å². The Labute approximate surface area is 129 Å². The Morgan fingerprint density at radius 1 is 1.24 bits per heavy atom. The van der Waals surface area contributed by atoms with Crippen molar-refractivity contribution in [2.45, 2.75) is 43.6 Å². The van der Waals surface area contributed by atoms with Crippen LogP contribution in [0.2, 0.25) is 5.02 Å². The highest BCUT2D eigenvalue weighted by atomic mass is 35.5. The molecule has 3 rings (SSSR count). The van der Waals surface area contributed by atoms with E-state index in [4.69, 9.17) is 11.6 Å². The smallest absolute Gasteiger partial charge is 0.230 e. The summed E-state index contributed by atoms with van der Waals surface area (Å²) >= 11 is 5.95. The number of amides is 2.